The largest absolute Gasteiger partial charge is 0.507 e. The summed E-state index contributed by atoms with van der Waals surface area (Å²) >= 11 is 0. The van der Waals surface area contributed by atoms with Gasteiger partial charge >= 0.3 is 5.97 Å². The van der Waals surface area contributed by atoms with Gasteiger partial charge in [0.25, 0.3) is 0 Å². The van der Waals surface area contributed by atoms with E-state index < -0.39 is 40.3 Å². The van der Waals surface area contributed by atoms with Crippen molar-refractivity contribution in [2.24, 2.45) is 0 Å². The van der Waals surface area contributed by atoms with E-state index in [2.05, 4.69) is 0 Å². The van der Waals surface area contributed by atoms with Gasteiger partial charge in [-0.05, 0) is 42.8 Å². The molecule has 2 heterocycles. The van der Waals surface area contributed by atoms with Gasteiger partial charge in [-0.2, -0.15) is 0 Å². The van der Waals surface area contributed by atoms with Crippen LogP contribution in [-0.2, 0) is 4.79 Å². The molecule has 1 aromatic heterocycles. The number of phenols is 4. The van der Waals surface area contributed by atoms with Crippen molar-refractivity contribution in [1.29, 1.82) is 0 Å². The van der Waals surface area contributed by atoms with Gasteiger partial charge in [0, 0.05) is 23.1 Å². The standard InChI is InChI=1S/C26H20O10/c1-2-34-18-8-11(3-6-15(18)28)13-9-20(31)35-19-10-17(30)22-23(32)24(33)25(36-26(22)21(13)19)12-4-5-14(27)16(29)7-12/h3-8,10,13,27-30,33H,2,9H2,1H3/t13-/m0/s1. The highest BCUT2D eigenvalue weighted by atomic mass is 16.5. The average Bonchev–Trinajstić information content (AvgIpc) is 2.83. The van der Waals surface area contributed by atoms with Crippen molar-refractivity contribution < 1.29 is 44.2 Å². The Hall–Kier alpha value is -4.86. The SMILES string of the molecule is CCOc1cc([C@@H]2CC(=O)Oc3cc(O)c4c(=O)c(O)c(-c5ccc(O)c(O)c5)oc4c32)ccc1O. The van der Waals surface area contributed by atoms with E-state index in [1.54, 1.807) is 19.1 Å². The molecule has 0 spiro atoms. The molecule has 0 saturated carbocycles. The third-order valence-corrected chi connectivity index (χ3v) is 5.99. The summed E-state index contributed by atoms with van der Waals surface area (Å²) in [5, 5.41) is 50.5. The van der Waals surface area contributed by atoms with Crippen molar-refractivity contribution in [2.75, 3.05) is 6.61 Å². The monoisotopic (exact) mass is 492 g/mol. The first-order valence-corrected chi connectivity index (χ1v) is 10.9. The topological polar surface area (TPSA) is 167 Å². The molecule has 184 valence electrons. The van der Waals surface area contributed by atoms with Crippen LogP contribution in [0.5, 0.6) is 40.2 Å². The highest BCUT2D eigenvalue weighted by Crippen LogP contribution is 2.48. The second-order valence-corrected chi connectivity index (χ2v) is 8.21. The number of carbonyl (C=O) groups is 1. The van der Waals surface area contributed by atoms with E-state index in [-0.39, 0.29) is 58.1 Å². The van der Waals surface area contributed by atoms with Crippen LogP contribution in [0, 0.1) is 0 Å². The van der Waals surface area contributed by atoms with E-state index in [4.69, 9.17) is 13.9 Å². The fourth-order valence-electron chi connectivity index (χ4n) is 4.35. The zero-order valence-electron chi connectivity index (χ0n) is 18.8. The molecule has 10 heteroatoms. The second kappa shape index (κ2) is 8.42. The highest BCUT2D eigenvalue weighted by Gasteiger charge is 2.35. The third-order valence-electron chi connectivity index (χ3n) is 5.99. The van der Waals surface area contributed by atoms with Gasteiger partial charge in [0.05, 0.1) is 13.0 Å². The predicted molar refractivity (Wildman–Crippen MR) is 126 cm³/mol. The van der Waals surface area contributed by atoms with Gasteiger partial charge in [0.15, 0.2) is 28.8 Å². The van der Waals surface area contributed by atoms with E-state index >= 15 is 0 Å². The number of benzene rings is 3. The molecule has 1 aliphatic rings. The molecule has 5 N–H and O–H groups in total. The molecule has 0 unspecified atom stereocenters. The lowest BCUT2D eigenvalue weighted by molar-refractivity contribution is -0.135. The minimum Gasteiger partial charge on any atom is -0.507 e. The number of rotatable bonds is 4. The number of aromatic hydroxyl groups is 5. The molecule has 3 aromatic carbocycles. The smallest absolute Gasteiger partial charge is 0.312 e. The van der Waals surface area contributed by atoms with Crippen LogP contribution in [0.3, 0.4) is 0 Å². The van der Waals surface area contributed by atoms with Gasteiger partial charge in [0.1, 0.15) is 22.5 Å². The number of phenolic OH excluding ortho intramolecular Hbond substituents is 4. The summed E-state index contributed by atoms with van der Waals surface area (Å²) < 4.78 is 16.8. The van der Waals surface area contributed by atoms with Gasteiger partial charge < -0.3 is 39.4 Å². The van der Waals surface area contributed by atoms with Crippen LogP contribution >= 0.6 is 0 Å². The number of hydrogen-bond donors (Lipinski definition) is 5. The fourth-order valence-corrected chi connectivity index (χ4v) is 4.35. The normalized spacial score (nSPS) is 14.9. The Morgan fingerprint density at radius 1 is 0.917 bits per heavy atom. The van der Waals surface area contributed by atoms with Crippen molar-refractivity contribution >= 4 is 16.9 Å². The number of hydrogen-bond acceptors (Lipinski definition) is 10. The lowest BCUT2D eigenvalue weighted by Crippen LogP contribution is -2.22. The van der Waals surface area contributed by atoms with Crippen LogP contribution in [0.15, 0.2) is 51.7 Å². The summed E-state index contributed by atoms with van der Waals surface area (Å²) in [6.45, 7) is 2.04. The van der Waals surface area contributed by atoms with Crippen LogP contribution < -0.4 is 14.9 Å². The first-order chi connectivity index (χ1) is 17.2. The maximum atomic E-state index is 13.1. The molecular formula is C26H20O10. The van der Waals surface area contributed by atoms with Crippen LogP contribution in [0.2, 0.25) is 0 Å². The Bertz CT molecular complexity index is 1600. The second-order valence-electron chi connectivity index (χ2n) is 8.21. The van der Waals surface area contributed by atoms with E-state index in [0.29, 0.717) is 5.56 Å². The van der Waals surface area contributed by atoms with Crippen molar-refractivity contribution in [3.05, 3.63) is 63.8 Å². The summed E-state index contributed by atoms with van der Waals surface area (Å²) in [6, 6.07) is 9.23. The Labute approximate surface area is 202 Å². The van der Waals surface area contributed by atoms with Gasteiger partial charge in [0.2, 0.25) is 11.2 Å². The Morgan fingerprint density at radius 2 is 1.67 bits per heavy atom. The lowest BCUT2D eigenvalue weighted by Gasteiger charge is -2.26. The molecule has 0 fully saturated rings. The highest BCUT2D eigenvalue weighted by molar-refractivity contribution is 5.94. The first kappa shape index (κ1) is 22.9. The maximum Gasteiger partial charge on any atom is 0.312 e. The molecule has 1 aliphatic heterocycles. The first-order valence-electron chi connectivity index (χ1n) is 10.9. The van der Waals surface area contributed by atoms with E-state index in [1.807, 2.05) is 0 Å². The fraction of sp³-hybridized carbons (Fsp3) is 0.154. The molecule has 36 heavy (non-hydrogen) atoms. The Morgan fingerprint density at radius 3 is 2.39 bits per heavy atom. The summed E-state index contributed by atoms with van der Waals surface area (Å²) in [4.78, 5) is 25.6. The van der Waals surface area contributed by atoms with Gasteiger partial charge in [-0.1, -0.05) is 6.07 Å². The molecule has 0 saturated heterocycles. The molecule has 5 rings (SSSR count). The number of carbonyl (C=O) groups excluding carboxylic acids is 1. The Kier molecular flexibility index (Phi) is 5.36. The van der Waals surface area contributed by atoms with Crippen molar-refractivity contribution in [1.82, 2.24) is 0 Å². The lowest BCUT2D eigenvalue weighted by atomic mass is 9.85. The van der Waals surface area contributed by atoms with Crippen molar-refractivity contribution in [3.8, 4) is 51.6 Å². The molecule has 0 amide bonds. The van der Waals surface area contributed by atoms with Crippen molar-refractivity contribution in [3.63, 3.8) is 0 Å². The predicted octanol–water partition coefficient (Wildman–Crippen LogP) is 3.83. The average molecular weight is 492 g/mol. The summed E-state index contributed by atoms with van der Waals surface area (Å²) in [7, 11) is 0. The van der Waals surface area contributed by atoms with Crippen LogP contribution in [0.1, 0.15) is 30.4 Å². The molecule has 10 nitrogen and oxygen atoms in total. The maximum absolute atomic E-state index is 13.1. The number of esters is 1. The molecule has 0 aliphatic carbocycles. The third kappa shape index (κ3) is 3.59. The minimum atomic E-state index is -0.949. The molecule has 1 atom stereocenters. The molecule has 0 bridgehead atoms. The molecule has 0 radical (unpaired) electrons. The van der Waals surface area contributed by atoms with E-state index in [1.165, 1.54) is 12.1 Å². The molecular weight excluding hydrogens is 472 g/mol. The van der Waals surface area contributed by atoms with Crippen LogP contribution in [0.4, 0.5) is 0 Å². The quantitative estimate of drug-likeness (QED) is 0.160. The van der Waals surface area contributed by atoms with E-state index in [9.17, 15) is 35.1 Å². The summed E-state index contributed by atoms with van der Waals surface area (Å²) in [6.07, 6.45) is -0.150. The van der Waals surface area contributed by atoms with Gasteiger partial charge in [-0.25, -0.2) is 0 Å². The van der Waals surface area contributed by atoms with Crippen LogP contribution in [-0.4, -0.2) is 38.1 Å². The summed E-state index contributed by atoms with van der Waals surface area (Å²) in [5.74, 6) is -3.91. The number of fused-ring (bicyclic) bond motifs is 3. The number of ether oxygens (including phenoxy) is 2. The van der Waals surface area contributed by atoms with Gasteiger partial charge in [-0.15, -0.1) is 0 Å². The van der Waals surface area contributed by atoms with Crippen LogP contribution in [0.25, 0.3) is 22.3 Å². The van der Waals surface area contributed by atoms with Crippen molar-refractivity contribution in [2.45, 2.75) is 19.3 Å². The minimum absolute atomic E-state index is 0.0411. The summed E-state index contributed by atoms with van der Waals surface area (Å²) in [5.41, 5.74) is -0.210. The van der Waals surface area contributed by atoms with Gasteiger partial charge in [-0.3, -0.25) is 9.59 Å². The zero-order chi connectivity index (χ0) is 25.7. The zero-order valence-corrected chi connectivity index (χ0v) is 18.8. The molecule has 4 aromatic rings. The van der Waals surface area contributed by atoms with E-state index in [0.717, 1.165) is 18.2 Å². The Balaban J connectivity index is 1.82.